The van der Waals surface area contributed by atoms with E-state index in [2.05, 4.69) is 15.3 Å². The zero-order valence-electron chi connectivity index (χ0n) is 8.08. The van der Waals surface area contributed by atoms with Gasteiger partial charge in [0.05, 0.1) is 0 Å². The van der Waals surface area contributed by atoms with Gasteiger partial charge in [-0.25, -0.2) is 9.78 Å². The molecule has 2 heterocycles. The first-order valence-corrected chi connectivity index (χ1v) is 4.41. The molecule has 0 saturated carbocycles. The van der Waals surface area contributed by atoms with Crippen LogP contribution in [-0.2, 0) is 4.79 Å². The Labute approximate surface area is 88.7 Å². The molecular weight excluding hydrogens is 227 g/mol. The van der Waals surface area contributed by atoms with Crippen molar-refractivity contribution in [2.75, 3.05) is 13.1 Å². The Bertz CT molecular complexity index is 333. The van der Waals surface area contributed by atoms with E-state index in [1.54, 1.807) is 6.20 Å². The zero-order valence-corrected chi connectivity index (χ0v) is 8.08. The molecule has 1 aromatic rings. The maximum Gasteiger partial charge on any atom is 0.490 e. The lowest BCUT2D eigenvalue weighted by Gasteiger charge is -2.24. The molecule has 5 nitrogen and oxygen atoms in total. The lowest BCUT2D eigenvalue weighted by atomic mass is 10.0. The van der Waals surface area contributed by atoms with Gasteiger partial charge in [-0.2, -0.15) is 13.2 Å². The maximum atomic E-state index is 10.6. The number of hydrogen-bond acceptors (Lipinski definition) is 3. The van der Waals surface area contributed by atoms with Crippen LogP contribution in [0.4, 0.5) is 13.2 Å². The van der Waals surface area contributed by atoms with Crippen LogP contribution >= 0.6 is 0 Å². The highest BCUT2D eigenvalue weighted by Crippen LogP contribution is 2.14. The van der Waals surface area contributed by atoms with Gasteiger partial charge in [0.1, 0.15) is 5.82 Å². The van der Waals surface area contributed by atoms with Gasteiger partial charge in [0.2, 0.25) is 0 Å². The number of nitrogens with one attached hydrogen (secondary N) is 2. The number of aliphatic carboxylic acids is 1. The second-order valence-corrected chi connectivity index (χ2v) is 3.13. The van der Waals surface area contributed by atoms with E-state index in [0.717, 1.165) is 18.9 Å². The van der Waals surface area contributed by atoms with E-state index in [1.807, 2.05) is 6.20 Å². The van der Waals surface area contributed by atoms with Gasteiger partial charge in [-0.05, 0) is 0 Å². The minimum Gasteiger partial charge on any atom is -0.475 e. The number of carboxylic acid groups (broad SMARTS) is 1. The molecule has 0 radical (unpaired) electrons. The SMILES string of the molecule is O=C(O)C(F)(F)F.c1c[nH]c(C2CNC2)n1. The van der Waals surface area contributed by atoms with E-state index in [9.17, 15) is 13.2 Å². The standard InChI is InChI=1S/C6H9N3.C2HF3O2/c1-2-9-6(8-1)5-3-7-4-5;3-2(4,5)1(6)7/h1-2,5,7H,3-4H2,(H,8,9);(H,6,7). The van der Waals surface area contributed by atoms with Gasteiger partial charge in [0, 0.05) is 31.4 Å². The Morgan fingerprint density at radius 1 is 1.50 bits per heavy atom. The highest BCUT2D eigenvalue weighted by molar-refractivity contribution is 5.73. The van der Waals surface area contributed by atoms with Crippen molar-refractivity contribution in [2.45, 2.75) is 12.1 Å². The summed E-state index contributed by atoms with van der Waals surface area (Å²) in [4.78, 5) is 16.1. The quantitative estimate of drug-likeness (QED) is 0.672. The molecule has 1 saturated heterocycles. The number of rotatable bonds is 1. The number of aromatic nitrogens is 2. The zero-order chi connectivity index (χ0) is 12.2. The highest BCUT2D eigenvalue weighted by Gasteiger charge is 2.38. The molecule has 0 amide bonds. The predicted octanol–water partition coefficient (Wildman–Crippen LogP) is 0.730. The Morgan fingerprint density at radius 2 is 2.06 bits per heavy atom. The van der Waals surface area contributed by atoms with Crippen molar-refractivity contribution in [3.63, 3.8) is 0 Å². The molecule has 0 aromatic carbocycles. The van der Waals surface area contributed by atoms with Crippen molar-refractivity contribution in [3.8, 4) is 0 Å². The van der Waals surface area contributed by atoms with E-state index in [1.165, 1.54) is 0 Å². The molecule has 0 spiro atoms. The second-order valence-electron chi connectivity index (χ2n) is 3.13. The third-order valence-corrected chi connectivity index (χ3v) is 1.93. The number of alkyl halides is 3. The summed E-state index contributed by atoms with van der Waals surface area (Å²) in [6.07, 6.45) is -1.42. The monoisotopic (exact) mass is 237 g/mol. The van der Waals surface area contributed by atoms with Crippen LogP contribution in [-0.4, -0.2) is 40.3 Å². The first kappa shape index (κ1) is 12.5. The predicted molar refractivity (Wildman–Crippen MR) is 47.9 cm³/mol. The molecule has 1 fully saturated rings. The van der Waals surface area contributed by atoms with Gasteiger partial charge in [-0.15, -0.1) is 0 Å². The summed E-state index contributed by atoms with van der Waals surface area (Å²) in [6.45, 7) is 2.15. The molecule has 16 heavy (non-hydrogen) atoms. The summed E-state index contributed by atoms with van der Waals surface area (Å²) in [7, 11) is 0. The van der Waals surface area contributed by atoms with E-state index < -0.39 is 12.1 Å². The van der Waals surface area contributed by atoms with Gasteiger partial charge in [-0.3, -0.25) is 0 Å². The van der Waals surface area contributed by atoms with Gasteiger partial charge >= 0.3 is 12.1 Å². The fourth-order valence-corrected chi connectivity index (χ4v) is 0.983. The van der Waals surface area contributed by atoms with E-state index in [0.29, 0.717) is 5.92 Å². The number of H-pyrrole nitrogens is 1. The van der Waals surface area contributed by atoms with Crippen LogP contribution in [0.1, 0.15) is 11.7 Å². The number of hydrogen-bond donors (Lipinski definition) is 3. The van der Waals surface area contributed by atoms with E-state index in [-0.39, 0.29) is 0 Å². The van der Waals surface area contributed by atoms with Crippen molar-refractivity contribution in [2.24, 2.45) is 0 Å². The van der Waals surface area contributed by atoms with Gasteiger partial charge in [0.25, 0.3) is 0 Å². The molecular formula is C8H10F3N3O2. The van der Waals surface area contributed by atoms with Crippen molar-refractivity contribution in [3.05, 3.63) is 18.2 Å². The molecule has 1 aliphatic heterocycles. The number of aromatic amines is 1. The fraction of sp³-hybridized carbons (Fsp3) is 0.500. The first-order valence-electron chi connectivity index (χ1n) is 4.41. The Balaban J connectivity index is 0.000000168. The third-order valence-electron chi connectivity index (χ3n) is 1.93. The smallest absolute Gasteiger partial charge is 0.475 e. The largest absolute Gasteiger partial charge is 0.490 e. The van der Waals surface area contributed by atoms with E-state index >= 15 is 0 Å². The highest BCUT2D eigenvalue weighted by atomic mass is 19.4. The number of imidazole rings is 1. The van der Waals surface area contributed by atoms with Crippen molar-refractivity contribution < 1.29 is 23.1 Å². The van der Waals surface area contributed by atoms with Crippen LogP contribution in [0.15, 0.2) is 12.4 Å². The maximum absolute atomic E-state index is 10.6. The lowest BCUT2D eigenvalue weighted by molar-refractivity contribution is -0.192. The molecule has 1 aromatic heterocycles. The third kappa shape index (κ3) is 3.54. The second kappa shape index (κ2) is 4.97. The lowest BCUT2D eigenvalue weighted by Crippen LogP contribution is -2.40. The number of carboxylic acids is 1. The summed E-state index contributed by atoms with van der Waals surface area (Å²) in [5.74, 6) is -0.999. The van der Waals surface area contributed by atoms with Crippen LogP contribution in [0.3, 0.4) is 0 Å². The van der Waals surface area contributed by atoms with Crippen molar-refractivity contribution >= 4 is 5.97 Å². The average Bonchev–Trinajstić information content (AvgIpc) is 2.53. The van der Waals surface area contributed by atoms with E-state index in [4.69, 9.17) is 9.90 Å². The minimum absolute atomic E-state index is 0.639. The molecule has 2 rings (SSSR count). The van der Waals surface area contributed by atoms with Crippen LogP contribution in [0, 0.1) is 0 Å². The van der Waals surface area contributed by atoms with Crippen LogP contribution in [0.2, 0.25) is 0 Å². The van der Waals surface area contributed by atoms with Gasteiger partial charge in [0.15, 0.2) is 0 Å². The number of halogens is 3. The summed E-state index contributed by atoms with van der Waals surface area (Å²) in [5.41, 5.74) is 0. The van der Waals surface area contributed by atoms with Crippen molar-refractivity contribution in [1.82, 2.24) is 15.3 Å². The molecule has 0 unspecified atom stereocenters. The van der Waals surface area contributed by atoms with Crippen LogP contribution in [0.5, 0.6) is 0 Å². The average molecular weight is 237 g/mol. The summed E-state index contributed by atoms with van der Waals surface area (Å²) >= 11 is 0. The molecule has 8 heteroatoms. The van der Waals surface area contributed by atoms with Crippen molar-refractivity contribution in [1.29, 1.82) is 0 Å². The Morgan fingerprint density at radius 3 is 2.31 bits per heavy atom. The Kier molecular flexibility index (Phi) is 3.88. The summed E-state index contributed by atoms with van der Waals surface area (Å²) < 4.78 is 31.7. The molecule has 1 aliphatic rings. The normalized spacial score (nSPS) is 15.9. The summed E-state index contributed by atoms with van der Waals surface area (Å²) in [6, 6.07) is 0. The van der Waals surface area contributed by atoms with Crippen LogP contribution in [0.25, 0.3) is 0 Å². The topological polar surface area (TPSA) is 78.0 Å². The molecule has 0 bridgehead atoms. The summed E-state index contributed by atoms with van der Waals surface area (Å²) in [5, 5.41) is 10.3. The molecule has 0 atom stereocenters. The van der Waals surface area contributed by atoms with Gasteiger partial charge in [-0.1, -0.05) is 0 Å². The fourth-order valence-electron chi connectivity index (χ4n) is 0.983. The Hall–Kier alpha value is -1.57. The number of carbonyl (C=O) groups is 1. The first-order chi connectivity index (χ1) is 7.41. The molecule has 0 aliphatic carbocycles. The van der Waals surface area contributed by atoms with Crippen LogP contribution < -0.4 is 5.32 Å². The molecule has 90 valence electrons. The molecule has 3 N–H and O–H groups in total. The van der Waals surface area contributed by atoms with Gasteiger partial charge < -0.3 is 15.4 Å². The number of nitrogens with zero attached hydrogens (tertiary/aromatic N) is 1. The minimum atomic E-state index is -5.08.